The van der Waals surface area contributed by atoms with E-state index >= 15 is 0 Å². The molecule has 0 spiro atoms. The van der Waals surface area contributed by atoms with Gasteiger partial charge < -0.3 is 19.8 Å². The number of quaternary nitrogens is 1. The van der Waals surface area contributed by atoms with Gasteiger partial charge in [0.25, 0.3) is 0 Å². The number of hydrogen-bond acceptors (Lipinski definition) is 5. The van der Waals surface area contributed by atoms with Crippen molar-refractivity contribution in [3.05, 3.63) is 36.5 Å². The molecule has 0 radical (unpaired) electrons. The molecule has 504 valence electrons. The fourth-order valence-electron chi connectivity index (χ4n) is 11.7. The van der Waals surface area contributed by atoms with Crippen molar-refractivity contribution in [3.63, 3.8) is 0 Å². The molecule has 0 aromatic heterocycles. The Labute approximate surface area is 531 Å². The normalized spacial score (nSPS) is 13.7. The van der Waals surface area contributed by atoms with E-state index in [1.807, 2.05) is 27.2 Å². The van der Waals surface area contributed by atoms with Crippen LogP contribution < -0.4 is 5.32 Å². The number of carbonyl (C=O) groups is 1. The number of amides is 1. The number of rotatable bonds is 71. The number of allylic oxidation sites excluding steroid dienone is 5. The first-order valence-corrected chi connectivity index (χ1v) is 39.4. The van der Waals surface area contributed by atoms with E-state index in [1.165, 1.54) is 334 Å². The van der Waals surface area contributed by atoms with Gasteiger partial charge in [-0.25, -0.2) is 4.57 Å². The third-order valence-corrected chi connectivity index (χ3v) is 18.6. The number of phosphoric ester groups is 1. The van der Waals surface area contributed by atoms with E-state index in [-0.39, 0.29) is 19.1 Å². The maximum absolute atomic E-state index is 13.1. The van der Waals surface area contributed by atoms with Crippen molar-refractivity contribution < 1.29 is 32.9 Å². The van der Waals surface area contributed by atoms with E-state index in [2.05, 4.69) is 43.5 Å². The highest BCUT2D eigenvalue weighted by Gasteiger charge is 2.28. The fourth-order valence-corrected chi connectivity index (χ4v) is 12.4. The SMILES string of the molecule is CCCCCCCCCC/C=C\CCCCCCCCCCCCCCCCCCCCCCCC(=O)NC(COP(=O)(O)OCC[N+](C)(C)C)C(O)/C=C/CC/C=C/CCCCCCCCCCCCCCCCCCCCCCCCCC. The van der Waals surface area contributed by atoms with Crippen LogP contribution in [0.2, 0.25) is 0 Å². The van der Waals surface area contributed by atoms with Gasteiger partial charge in [-0.2, -0.15) is 0 Å². The van der Waals surface area contributed by atoms with Crippen molar-refractivity contribution in [2.24, 2.45) is 0 Å². The predicted molar refractivity (Wildman–Crippen MR) is 374 cm³/mol. The number of carbonyl (C=O) groups excluding carboxylic acids is 1. The Balaban J connectivity index is 4.02. The third kappa shape index (κ3) is 70.0. The topological polar surface area (TPSA) is 105 Å². The van der Waals surface area contributed by atoms with Crippen molar-refractivity contribution in [1.82, 2.24) is 5.32 Å². The van der Waals surface area contributed by atoms with E-state index < -0.39 is 20.0 Å². The summed E-state index contributed by atoms with van der Waals surface area (Å²) < 4.78 is 23.8. The molecular weight excluding hydrogens is 1070 g/mol. The molecule has 85 heavy (non-hydrogen) atoms. The molecule has 0 fully saturated rings. The minimum atomic E-state index is -4.36. The van der Waals surface area contributed by atoms with Crippen LogP contribution >= 0.6 is 7.82 Å². The molecule has 0 heterocycles. The van der Waals surface area contributed by atoms with Crippen LogP contribution in [0.3, 0.4) is 0 Å². The highest BCUT2D eigenvalue weighted by molar-refractivity contribution is 7.47. The van der Waals surface area contributed by atoms with Crippen LogP contribution in [0, 0.1) is 0 Å². The summed E-state index contributed by atoms with van der Waals surface area (Å²) >= 11 is 0. The number of hydrogen-bond donors (Lipinski definition) is 3. The van der Waals surface area contributed by atoms with Crippen LogP contribution in [0.1, 0.15) is 393 Å². The van der Waals surface area contributed by atoms with E-state index in [9.17, 15) is 19.4 Å². The minimum Gasteiger partial charge on any atom is -0.387 e. The first kappa shape index (κ1) is 83.7. The van der Waals surface area contributed by atoms with Gasteiger partial charge in [-0.05, 0) is 57.8 Å². The molecule has 3 atom stereocenters. The summed E-state index contributed by atoms with van der Waals surface area (Å²) in [6, 6.07) is -0.864. The molecule has 8 nitrogen and oxygen atoms in total. The highest BCUT2D eigenvalue weighted by Crippen LogP contribution is 2.43. The smallest absolute Gasteiger partial charge is 0.387 e. The number of aliphatic hydroxyl groups excluding tert-OH is 1. The second-order valence-corrected chi connectivity index (χ2v) is 28.8. The second-order valence-electron chi connectivity index (χ2n) is 27.4. The number of unbranched alkanes of at least 4 members (excludes halogenated alkanes) is 54. The molecular formula is C76H150N2O6P+. The summed E-state index contributed by atoms with van der Waals surface area (Å²) in [6.07, 6.45) is 90.4. The maximum atomic E-state index is 13.1. The Hall–Kier alpha value is -1.28. The van der Waals surface area contributed by atoms with Crippen LogP contribution in [0.25, 0.3) is 0 Å². The summed E-state index contributed by atoms with van der Waals surface area (Å²) in [6.45, 7) is 4.86. The Morgan fingerprint density at radius 2 is 0.647 bits per heavy atom. The van der Waals surface area contributed by atoms with Crippen LogP contribution in [-0.4, -0.2) is 73.4 Å². The molecule has 0 aromatic carbocycles. The number of nitrogens with one attached hydrogen (secondary N) is 1. The molecule has 1 amide bonds. The summed E-state index contributed by atoms with van der Waals surface area (Å²) in [5.41, 5.74) is 0. The average molecular weight is 1220 g/mol. The van der Waals surface area contributed by atoms with Gasteiger partial charge >= 0.3 is 7.82 Å². The van der Waals surface area contributed by atoms with Crippen molar-refractivity contribution in [3.8, 4) is 0 Å². The molecule has 0 aromatic rings. The minimum absolute atomic E-state index is 0.0583. The van der Waals surface area contributed by atoms with Crippen molar-refractivity contribution >= 4 is 13.7 Å². The molecule has 0 aliphatic rings. The third-order valence-electron chi connectivity index (χ3n) is 17.6. The lowest BCUT2D eigenvalue weighted by molar-refractivity contribution is -0.870. The molecule has 3 unspecified atom stereocenters. The van der Waals surface area contributed by atoms with Crippen molar-refractivity contribution in [2.45, 2.75) is 405 Å². The highest BCUT2D eigenvalue weighted by atomic mass is 31.2. The van der Waals surface area contributed by atoms with Gasteiger partial charge in [0.15, 0.2) is 0 Å². The van der Waals surface area contributed by atoms with Crippen LogP contribution in [0.4, 0.5) is 0 Å². The first-order valence-electron chi connectivity index (χ1n) is 37.9. The molecule has 0 saturated heterocycles. The fraction of sp³-hybridized carbons (Fsp3) is 0.908. The Morgan fingerprint density at radius 3 is 0.941 bits per heavy atom. The molecule has 0 aliphatic carbocycles. The number of nitrogens with zero attached hydrogens (tertiary/aromatic N) is 1. The Bertz CT molecular complexity index is 1480. The number of phosphoric acid groups is 1. The molecule has 9 heteroatoms. The van der Waals surface area contributed by atoms with E-state index in [4.69, 9.17) is 9.05 Å². The standard InChI is InChI=1S/C76H149N2O6P/c1-6-8-10-12-14-16-18-20-22-24-26-28-30-32-34-36-38-39-40-42-44-46-48-50-52-54-56-58-60-62-64-66-68-70-76(80)77-74(73-84-85(81,82)83-72-71-78(3,4)5)75(79)69-67-65-63-61-59-57-55-53-51-49-47-45-43-41-37-35-33-31-29-27-25-23-21-19-17-15-13-11-9-7-2/h24,26,59,61,67,69,74-75,79H,6-23,25,27-58,60,62-66,68,70-73H2,1-5H3,(H-,77,80,81,82)/p+1/b26-24-,61-59+,69-67+. The van der Waals surface area contributed by atoms with Gasteiger partial charge in [0.1, 0.15) is 13.2 Å². The lowest BCUT2D eigenvalue weighted by Gasteiger charge is -2.25. The van der Waals surface area contributed by atoms with Gasteiger partial charge in [-0.3, -0.25) is 13.8 Å². The quantitative estimate of drug-likeness (QED) is 0.0243. The lowest BCUT2D eigenvalue weighted by Crippen LogP contribution is -2.45. The molecule has 0 aliphatic heterocycles. The zero-order valence-corrected chi connectivity index (χ0v) is 58.8. The predicted octanol–water partition coefficient (Wildman–Crippen LogP) is 24.4. The van der Waals surface area contributed by atoms with Gasteiger partial charge in [-0.15, -0.1) is 0 Å². The first-order chi connectivity index (χ1) is 41.5. The molecule has 0 bridgehead atoms. The van der Waals surface area contributed by atoms with Gasteiger partial charge in [0.2, 0.25) is 5.91 Å². The maximum Gasteiger partial charge on any atom is 0.472 e. The summed E-state index contributed by atoms with van der Waals surface area (Å²) in [5.74, 6) is -0.178. The van der Waals surface area contributed by atoms with Gasteiger partial charge in [-0.1, -0.05) is 365 Å². The summed E-state index contributed by atoms with van der Waals surface area (Å²) in [7, 11) is 1.57. The zero-order chi connectivity index (χ0) is 61.9. The van der Waals surface area contributed by atoms with Gasteiger partial charge in [0, 0.05) is 6.42 Å². The van der Waals surface area contributed by atoms with Crippen LogP contribution in [0.5, 0.6) is 0 Å². The van der Waals surface area contributed by atoms with E-state index in [0.29, 0.717) is 17.4 Å². The van der Waals surface area contributed by atoms with E-state index in [1.54, 1.807) is 6.08 Å². The second kappa shape index (κ2) is 67.1. The van der Waals surface area contributed by atoms with Gasteiger partial charge in [0.05, 0.1) is 39.9 Å². The summed E-state index contributed by atoms with van der Waals surface area (Å²) in [5, 5.41) is 14.0. The Morgan fingerprint density at radius 1 is 0.388 bits per heavy atom. The van der Waals surface area contributed by atoms with Crippen LogP contribution in [-0.2, 0) is 18.4 Å². The zero-order valence-electron chi connectivity index (χ0n) is 57.9. The lowest BCUT2D eigenvalue weighted by atomic mass is 10.0. The average Bonchev–Trinajstić information content (AvgIpc) is 3.49. The van der Waals surface area contributed by atoms with Crippen molar-refractivity contribution in [2.75, 3.05) is 40.9 Å². The molecule has 0 saturated carbocycles. The summed E-state index contributed by atoms with van der Waals surface area (Å²) in [4.78, 5) is 23.5. The Kier molecular flexibility index (Phi) is 66.1. The van der Waals surface area contributed by atoms with Crippen LogP contribution in [0.15, 0.2) is 36.5 Å². The van der Waals surface area contributed by atoms with E-state index in [0.717, 1.165) is 38.5 Å². The number of aliphatic hydroxyl groups is 1. The largest absolute Gasteiger partial charge is 0.472 e. The molecule has 3 N–H and O–H groups in total. The number of likely N-dealkylation sites (N-methyl/N-ethyl adjacent to an activating group) is 1. The van der Waals surface area contributed by atoms with Crippen molar-refractivity contribution in [1.29, 1.82) is 0 Å². The monoisotopic (exact) mass is 1220 g/mol. The molecule has 0 rings (SSSR count).